The highest BCUT2D eigenvalue weighted by molar-refractivity contribution is 9.10. The van der Waals surface area contributed by atoms with Crippen LogP contribution in [-0.2, 0) is 0 Å². The lowest BCUT2D eigenvalue weighted by Crippen LogP contribution is -2.15. The summed E-state index contributed by atoms with van der Waals surface area (Å²) in [6.07, 6.45) is 0. The number of rotatable bonds is 2. The van der Waals surface area contributed by atoms with Gasteiger partial charge in [0.25, 0.3) is 0 Å². The third kappa shape index (κ3) is 1.87. The molecule has 0 fully saturated rings. The predicted octanol–water partition coefficient (Wildman–Crippen LogP) is 1.42. The van der Waals surface area contributed by atoms with Gasteiger partial charge in [-0.05, 0) is 22.0 Å². The van der Waals surface area contributed by atoms with Gasteiger partial charge < -0.3 is 15.9 Å². The van der Waals surface area contributed by atoms with Crippen LogP contribution in [0.15, 0.2) is 10.5 Å². The Kier molecular flexibility index (Phi) is 3.41. The van der Waals surface area contributed by atoms with Crippen molar-refractivity contribution in [1.29, 1.82) is 0 Å². The zero-order valence-electron chi connectivity index (χ0n) is 6.97. The Balaban J connectivity index is 3.33. The number of nitrogens with two attached hydrogens (primary N) is 1. The van der Waals surface area contributed by atoms with Gasteiger partial charge in [0.2, 0.25) is 5.82 Å². The summed E-state index contributed by atoms with van der Waals surface area (Å²) < 4.78 is 25.7. The number of hydrogen-bond donors (Lipinski definition) is 3. The first-order valence-corrected chi connectivity index (χ1v) is 4.51. The lowest BCUT2D eigenvalue weighted by molar-refractivity contribution is 0.263. The molecule has 0 heterocycles. The number of aromatic hydroxyl groups is 1. The van der Waals surface area contributed by atoms with Gasteiger partial charge in [0.1, 0.15) is 0 Å². The number of phenols is 1. The van der Waals surface area contributed by atoms with Crippen molar-refractivity contribution in [3.05, 3.63) is 27.7 Å². The first-order valence-electron chi connectivity index (χ1n) is 3.71. The fraction of sp³-hybridized carbons (Fsp3) is 0.250. The quantitative estimate of drug-likeness (QED) is 0.711. The topological polar surface area (TPSA) is 66.5 Å². The zero-order valence-corrected chi connectivity index (χ0v) is 8.55. The van der Waals surface area contributed by atoms with Gasteiger partial charge in [0.05, 0.1) is 17.1 Å². The standard InChI is InChI=1S/C8H8BrF2NO2/c9-4-1-3(5(12)2-13)8(14)7(11)6(4)10/h1,5,13-14H,2,12H2/t5-/m1/s1. The van der Waals surface area contributed by atoms with Crippen molar-refractivity contribution in [2.45, 2.75) is 6.04 Å². The molecule has 0 saturated carbocycles. The monoisotopic (exact) mass is 267 g/mol. The van der Waals surface area contributed by atoms with Gasteiger partial charge in [-0.1, -0.05) is 0 Å². The van der Waals surface area contributed by atoms with E-state index < -0.39 is 30.0 Å². The van der Waals surface area contributed by atoms with E-state index in [0.717, 1.165) is 6.07 Å². The molecule has 0 radical (unpaired) electrons. The molecule has 0 aliphatic rings. The molecule has 1 rings (SSSR count). The van der Waals surface area contributed by atoms with E-state index >= 15 is 0 Å². The van der Waals surface area contributed by atoms with E-state index in [-0.39, 0.29) is 10.0 Å². The second-order valence-corrected chi connectivity index (χ2v) is 3.57. The molecule has 0 bridgehead atoms. The lowest BCUT2D eigenvalue weighted by Gasteiger charge is -2.12. The number of hydrogen-bond acceptors (Lipinski definition) is 3. The maximum atomic E-state index is 13.0. The first-order chi connectivity index (χ1) is 6.49. The van der Waals surface area contributed by atoms with E-state index in [0.29, 0.717) is 0 Å². The third-order valence-electron chi connectivity index (χ3n) is 1.76. The second-order valence-electron chi connectivity index (χ2n) is 2.71. The number of aliphatic hydroxyl groups excluding tert-OH is 1. The molecule has 6 heteroatoms. The van der Waals surface area contributed by atoms with Gasteiger partial charge >= 0.3 is 0 Å². The van der Waals surface area contributed by atoms with Crippen molar-refractivity contribution in [3.63, 3.8) is 0 Å². The molecule has 1 aromatic carbocycles. The van der Waals surface area contributed by atoms with Crippen LogP contribution in [0.5, 0.6) is 5.75 Å². The number of halogens is 3. The zero-order chi connectivity index (χ0) is 10.9. The Morgan fingerprint density at radius 2 is 2.00 bits per heavy atom. The van der Waals surface area contributed by atoms with Gasteiger partial charge in [-0.3, -0.25) is 0 Å². The van der Waals surface area contributed by atoms with Crippen molar-refractivity contribution >= 4 is 15.9 Å². The van der Waals surface area contributed by atoms with Crippen molar-refractivity contribution in [2.75, 3.05) is 6.61 Å². The normalized spacial score (nSPS) is 12.9. The molecule has 0 saturated heterocycles. The molecule has 4 N–H and O–H groups in total. The first kappa shape index (κ1) is 11.4. The molecule has 1 aromatic rings. The van der Waals surface area contributed by atoms with Crippen molar-refractivity contribution in [3.8, 4) is 5.75 Å². The summed E-state index contributed by atoms with van der Waals surface area (Å²) >= 11 is 2.77. The highest BCUT2D eigenvalue weighted by Gasteiger charge is 2.19. The van der Waals surface area contributed by atoms with Crippen LogP contribution in [0.1, 0.15) is 11.6 Å². The lowest BCUT2D eigenvalue weighted by atomic mass is 10.1. The molecule has 0 aliphatic carbocycles. The van der Waals surface area contributed by atoms with Crippen LogP contribution in [0.3, 0.4) is 0 Å². The number of benzene rings is 1. The number of aliphatic hydroxyl groups is 1. The Bertz CT molecular complexity index is 360. The van der Waals surface area contributed by atoms with Crippen molar-refractivity contribution in [1.82, 2.24) is 0 Å². The summed E-state index contributed by atoms with van der Waals surface area (Å²) in [6, 6.07) is 0.190. The average molecular weight is 268 g/mol. The molecule has 0 aromatic heterocycles. The van der Waals surface area contributed by atoms with E-state index in [9.17, 15) is 13.9 Å². The minimum atomic E-state index is -1.38. The predicted molar refractivity (Wildman–Crippen MR) is 49.7 cm³/mol. The van der Waals surface area contributed by atoms with Crippen LogP contribution < -0.4 is 5.73 Å². The Labute approximate surface area is 87.3 Å². The summed E-state index contributed by atoms with van der Waals surface area (Å²) in [4.78, 5) is 0. The van der Waals surface area contributed by atoms with Gasteiger partial charge in [-0.25, -0.2) is 4.39 Å². The summed E-state index contributed by atoms with van der Waals surface area (Å²) in [5, 5.41) is 17.9. The molecule has 0 amide bonds. The van der Waals surface area contributed by atoms with Crippen LogP contribution in [0.4, 0.5) is 8.78 Å². The highest BCUT2D eigenvalue weighted by atomic mass is 79.9. The van der Waals surface area contributed by atoms with Crippen LogP contribution in [0, 0.1) is 11.6 Å². The molecular formula is C8H8BrF2NO2. The molecule has 0 aliphatic heterocycles. The molecular weight excluding hydrogens is 260 g/mol. The maximum absolute atomic E-state index is 13.0. The summed E-state index contributed by atoms with van der Waals surface area (Å²) in [5.41, 5.74) is 5.32. The van der Waals surface area contributed by atoms with E-state index in [1.165, 1.54) is 0 Å². The third-order valence-corrected chi connectivity index (χ3v) is 2.34. The minimum Gasteiger partial charge on any atom is -0.505 e. The van der Waals surface area contributed by atoms with Gasteiger partial charge in [-0.15, -0.1) is 0 Å². The average Bonchev–Trinajstić information content (AvgIpc) is 2.19. The fourth-order valence-electron chi connectivity index (χ4n) is 0.985. The van der Waals surface area contributed by atoms with Gasteiger partial charge in [0.15, 0.2) is 11.6 Å². The Hall–Kier alpha value is -0.720. The smallest absolute Gasteiger partial charge is 0.201 e. The summed E-state index contributed by atoms with van der Waals surface area (Å²) in [5.74, 6) is -3.43. The molecule has 14 heavy (non-hydrogen) atoms. The minimum absolute atomic E-state index is 0.0433. The second kappa shape index (κ2) is 4.20. The largest absolute Gasteiger partial charge is 0.505 e. The fourth-order valence-corrected chi connectivity index (χ4v) is 1.41. The van der Waals surface area contributed by atoms with Crippen LogP contribution in [-0.4, -0.2) is 16.8 Å². The summed E-state index contributed by atoms with van der Waals surface area (Å²) in [7, 11) is 0. The SMILES string of the molecule is N[C@H](CO)c1cc(Br)c(F)c(F)c1O. The van der Waals surface area contributed by atoms with E-state index in [2.05, 4.69) is 15.9 Å². The Morgan fingerprint density at radius 1 is 1.43 bits per heavy atom. The van der Waals surface area contributed by atoms with Crippen LogP contribution in [0.2, 0.25) is 0 Å². The number of phenolic OH excluding ortho intramolecular Hbond substituents is 1. The van der Waals surface area contributed by atoms with Crippen LogP contribution >= 0.6 is 15.9 Å². The maximum Gasteiger partial charge on any atom is 0.201 e. The van der Waals surface area contributed by atoms with E-state index in [1.54, 1.807) is 0 Å². The molecule has 1 atom stereocenters. The highest BCUT2D eigenvalue weighted by Crippen LogP contribution is 2.32. The van der Waals surface area contributed by atoms with Crippen LogP contribution in [0.25, 0.3) is 0 Å². The van der Waals surface area contributed by atoms with Crippen molar-refractivity contribution in [2.24, 2.45) is 5.73 Å². The summed E-state index contributed by atoms with van der Waals surface area (Å²) in [6.45, 7) is -0.467. The van der Waals surface area contributed by atoms with Gasteiger partial charge in [-0.2, -0.15) is 4.39 Å². The van der Waals surface area contributed by atoms with E-state index in [4.69, 9.17) is 10.8 Å². The molecule has 0 unspecified atom stereocenters. The Morgan fingerprint density at radius 3 is 2.50 bits per heavy atom. The van der Waals surface area contributed by atoms with Crippen molar-refractivity contribution < 1.29 is 19.0 Å². The van der Waals surface area contributed by atoms with E-state index in [1.807, 2.05) is 0 Å². The molecule has 0 spiro atoms. The van der Waals surface area contributed by atoms with Gasteiger partial charge in [0, 0.05) is 5.56 Å². The molecule has 3 nitrogen and oxygen atoms in total. The molecule has 78 valence electrons.